The van der Waals surface area contributed by atoms with Gasteiger partial charge in [0.05, 0.1) is 25.2 Å². The second-order valence-corrected chi connectivity index (χ2v) is 20.8. The largest absolute Gasteiger partial charge is 0.462 e. The van der Waals surface area contributed by atoms with Gasteiger partial charge in [-0.3, -0.25) is 9.59 Å². The van der Waals surface area contributed by atoms with Gasteiger partial charge in [0.1, 0.15) is 6.10 Å². The first-order valence-corrected chi connectivity index (χ1v) is 29.8. The number of carbonyl (C=O) groups is 2. The van der Waals surface area contributed by atoms with Crippen LogP contribution in [0.1, 0.15) is 342 Å². The molecule has 0 aliphatic heterocycles. The average Bonchev–Trinajstić information content (AvgIpc) is 3.30. The maximum absolute atomic E-state index is 13.3. The Morgan fingerprint density at radius 2 is 0.646 bits per heavy atom. The number of aliphatic hydroxyl groups is 2. The molecule has 0 aromatic rings. The third kappa shape index (κ3) is 49.1. The molecule has 0 bridgehead atoms. The molecule has 1 amide bonds. The van der Waals surface area contributed by atoms with Gasteiger partial charge in [-0.1, -0.05) is 303 Å². The van der Waals surface area contributed by atoms with Crippen molar-refractivity contribution in [3.8, 4) is 0 Å². The summed E-state index contributed by atoms with van der Waals surface area (Å²) in [5, 5.41) is 23.9. The summed E-state index contributed by atoms with van der Waals surface area (Å²) in [6.07, 6.45) is 60.2. The van der Waals surface area contributed by atoms with Gasteiger partial charge < -0.3 is 20.3 Å². The molecule has 0 rings (SSSR count). The molecule has 0 saturated heterocycles. The lowest BCUT2D eigenvalue weighted by Crippen LogP contribution is -2.46. The zero-order valence-corrected chi connectivity index (χ0v) is 44.4. The number of aliphatic hydroxyl groups excluding tert-OH is 2. The third-order valence-electron chi connectivity index (χ3n) is 14.2. The van der Waals surface area contributed by atoms with Gasteiger partial charge in [0.25, 0.3) is 0 Å². The first-order valence-electron chi connectivity index (χ1n) is 29.8. The number of esters is 1. The van der Waals surface area contributed by atoms with Crippen LogP contribution in [-0.2, 0) is 14.3 Å². The standard InChI is InChI=1S/C59H117NO5/c1-4-7-10-13-16-19-22-25-28-30-32-35-38-41-44-47-50-55(65-59(64)52-49-46-43-40-37-34-27-24-21-18-15-12-9-6-3)53-58(63)60-56(54-61)57(62)51-48-45-42-39-36-33-31-29-26-23-20-17-14-11-8-5-2/h55-57,61-62H,4-54H2,1-3H3,(H,60,63). The first-order chi connectivity index (χ1) is 32.0. The fourth-order valence-electron chi connectivity index (χ4n) is 9.67. The quantitative estimate of drug-likeness (QED) is 0.0417. The second kappa shape index (κ2) is 53.8. The first kappa shape index (κ1) is 63.9. The maximum atomic E-state index is 13.3. The van der Waals surface area contributed by atoms with Crippen LogP contribution in [0.4, 0.5) is 0 Å². The molecule has 3 N–H and O–H groups in total. The van der Waals surface area contributed by atoms with E-state index in [0.29, 0.717) is 19.3 Å². The molecule has 3 unspecified atom stereocenters. The van der Waals surface area contributed by atoms with Crippen LogP contribution in [0.5, 0.6) is 0 Å². The van der Waals surface area contributed by atoms with E-state index in [2.05, 4.69) is 26.1 Å². The van der Waals surface area contributed by atoms with Crippen LogP contribution < -0.4 is 5.32 Å². The minimum Gasteiger partial charge on any atom is -0.462 e. The molecule has 3 atom stereocenters. The number of rotatable bonds is 55. The molecule has 0 aromatic heterocycles. The molecule has 0 radical (unpaired) electrons. The highest BCUT2D eigenvalue weighted by Gasteiger charge is 2.24. The van der Waals surface area contributed by atoms with Crippen molar-refractivity contribution in [3.05, 3.63) is 0 Å². The van der Waals surface area contributed by atoms with E-state index in [4.69, 9.17) is 4.74 Å². The van der Waals surface area contributed by atoms with Gasteiger partial charge in [0, 0.05) is 6.42 Å². The van der Waals surface area contributed by atoms with Crippen molar-refractivity contribution in [2.75, 3.05) is 6.61 Å². The van der Waals surface area contributed by atoms with Gasteiger partial charge in [0.2, 0.25) is 5.91 Å². The van der Waals surface area contributed by atoms with Gasteiger partial charge in [-0.25, -0.2) is 0 Å². The fraction of sp³-hybridized carbons (Fsp3) is 0.966. The molecule has 0 aromatic carbocycles. The van der Waals surface area contributed by atoms with Crippen molar-refractivity contribution in [1.29, 1.82) is 0 Å². The summed E-state index contributed by atoms with van der Waals surface area (Å²) < 4.78 is 5.97. The van der Waals surface area contributed by atoms with Crippen molar-refractivity contribution < 1.29 is 24.5 Å². The Balaban J connectivity index is 4.47. The van der Waals surface area contributed by atoms with E-state index in [1.54, 1.807) is 0 Å². The van der Waals surface area contributed by atoms with E-state index in [9.17, 15) is 19.8 Å². The number of nitrogens with one attached hydrogen (secondary N) is 1. The summed E-state index contributed by atoms with van der Waals surface area (Å²) in [7, 11) is 0. The summed E-state index contributed by atoms with van der Waals surface area (Å²) in [6, 6.07) is -0.693. The van der Waals surface area contributed by atoms with Crippen molar-refractivity contribution >= 4 is 11.9 Å². The SMILES string of the molecule is CCCCCCCCCCCCCCCCCCC(CC(=O)NC(CO)C(O)CCCCCCCCCCCCCCCCCC)OC(=O)CCCCCCCCCCCCCCCC. The number of hydrogen-bond donors (Lipinski definition) is 3. The smallest absolute Gasteiger partial charge is 0.306 e. The topological polar surface area (TPSA) is 95.9 Å². The van der Waals surface area contributed by atoms with Crippen molar-refractivity contribution in [2.24, 2.45) is 0 Å². The Bertz CT molecular complexity index is 944. The normalized spacial score (nSPS) is 13.0. The molecule has 0 aliphatic carbocycles. The minimum absolute atomic E-state index is 0.0888. The minimum atomic E-state index is -0.780. The Hall–Kier alpha value is -1.14. The van der Waals surface area contributed by atoms with Gasteiger partial charge in [-0.2, -0.15) is 0 Å². The van der Waals surface area contributed by atoms with Crippen LogP contribution in [0.25, 0.3) is 0 Å². The van der Waals surface area contributed by atoms with Gasteiger partial charge >= 0.3 is 5.97 Å². The van der Waals surface area contributed by atoms with Crippen LogP contribution in [0.2, 0.25) is 0 Å². The molecule has 0 fully saturated rings. The summed E-state index contributed by atoms with van der Waals surface area (Å²) in [5.74, 6) is -0.443. The molecular weight excluding hydrogens is 803 g/mol. The van der Waals surface area contributed by atoms with E-state index in [-0.39, 0.29) is 24.9 Å². The molecule has 388 valence electrons. The molecule has 0 saturated carbocycles. The lowest BCUT2D eigenvalue weighted by atomic mass is 10.0. The lowest BCUT2D eigenvalue weighted by Gasteiger charge is -2.24. The van der Waals surface area contributed by atoms with Crippen LogP contribution >= 0.6 is 0 Å². The summed E-state index contributed by atoms with van der Waals surface area (Å²) in [6.45, 7) is 6.54. The number of ether oxygens (including phenoxy) is 1. The maximum Gasteiger partial charge on any atom is 0.306 e. The van der Waals surface area contributed by atoms with Crippen LogP contribution in [-0.4, -0.2) is 46.9 Å². The van der Waals surface area contributed by atoms with E-state index in [1.165, 1.54) is 257 Å². The average molecular weight is 921 g/mol. The number of carbonyl (C=O) groups excluding carboxylic acids is 2. The van der Waals surface area contributed by atoms with Crippen LogP contribution in [0, 0.1) is 0 Å². The van der Waals surface area contributed by atoms with Gasteiger partial charge in [-0.15, -0.1) is 0 Å². The second-order valence-electron chi connectivity index (χ2n) is 20.8. The summed E-state index contributed by atoms with van der Waals surface area (Å²) in [4.78, 5) is 26.3. The number of hydrogen-bond acceptors (Lipinski definition) is 5. The Morgan fingerprint density at radius 1 is 0.385 bits per heavy atom. The van der Waals surface area contributed by atoms with E-state index < -0.39 is 18.2 Å². The number of unbranched alkanes of at least 4 members (excludes halogenated alkanes) is 43. The highest BCUT2D eigenvalue weighted by Crippen LogP contribution is 2.20. The molecule has 0 aliphatic rings. The van der Waals surface area contributed by atoms with Gasteiger partial charge in [-0.05, 0) is 25.7 Å². The Kier molecular flexibility index (Phi) is 52.9. The predicted molar refractivity (Wildman–Crippen MR) is 283 cm³/mol. The monoisotopic (exact) mass is 920 g/mol. The third-order valence-corrected chi connectivity index (χ3v) is 14.2. The van der Waals surface area contributed by atoms with E-state index >= 15 is 0 Å². The molecule has 65 heavy (non-hydrogen) atoms. The number of amides is 1. The fourth-order valence-corrected chi connectivity index (χ4v) is 9.67. The highest BCUT2D eigenvalue weighted by molar-refractivity contribution is 5.77. The molecule has 0 heterocycles. The van der Waals surface area contributed by atoms with Crippen LogP contribution in [0.15, 0.2) is 0 Å². The van der Waals surface area contributed by atoms with E-state index in [0.717, 1.165) is 38.5 Å². The Morgan fingerprint density at radius 3 is 0.938 bits per heavy atom. The highest BCUT2D eigenvalue weighted by atomic mass is 16.5. The molecule has 0 spiro atoms. The van der Waals surface area contributed by atoms with E-state index in [1.807, 2.05) is 0 Å². The zero-order valence-electron chi connectivity index (χ0n) is 44.4. The zero-order chi connectivity index (χ0) is 47.4. The van der Waals surface area contributed by atoms with Crippen molar-refractivity contribution in [2.45, 2.75) is 360 Å². The summed E-state index contributed by atoms with van der Waals surface area (Å²) >= 11 is 0. The van der Waals surface area contributed by atoms with Gasteiger partial charge in [0.15, 0.2) is 0 Å². The van der Waals surface area contributed by atoms with Crippen molar-refractivity contribution in [1.82, 2.24) is 5.32 Å². The molecule has 6 nitrogen and oxygen atoms in total. The Labute approximate surface area is 406 Å². The van der Waals surface area contributed by atoms with Crippen LogP contribution in [0.3, 0.4) is 0 Å². The predicted octanol–water partition coefficient (Wildman–Crippen LogP) is 18.3. The molecular formula is C59H117NO5. The molecule has 6 heteroatoms. The lowest BCUT2D eigenvalue weighted by molar-refractivity contribution is -0.151. The summed E-state index contributed by atoms with van der Waals surface area (Å²) in [5.41, 5.74) is 0. The van der Waals surface area contributed by atoms with Crippen molar-refractivity contribution in [3.63, 3.8) is 0 Å².